The Morgan fingerprint density at radius 2 is 0.610 bits per heavy atom. The third-order valence-corrected chi connectivity index (χ3v) is 6.46. The average Bonchev–Trinajstić information content (AvgIpc) is 2.89. The molecule has 0 spiro atoms. The van der Waals surface area contributed by atoms with Gasteiger partial charge in [0.25, 0.3) is 0 Å². The maximum atomic E-state index is 15.1. The minimum absolute atomic E-state index is 0.561. The Kier molecular flexibility index (Phi) is 8.02. The van der Waals surface area contributed by atoms with Crippen LogP contribution in [0.3, 0.4) is 0 Å². The molecule has 0 amide bonds. The van der Waals surface area contributed by atoms with Gasteiger partial charge in [0, 0.05) is 0 Å². The minimum Gasteiger partial charge on any atom is -0.491 e. The molecule has 5 nitrogen and oxygen atoms in total. The van der Waals surface area contributed by atoms with Crippen LogP contribution in [0, 0.1) is 46.5 Å². The van der Waals surface area contributed by atoms with Crippen molar-refractivity contribution in [1.82, 2.24) is 0 Å². The van der Waals surface area contributed by atoms with Gasteiger partial charge in [-0.1, -0.05) is 0 Å². The van der Waals surface area contributed by atoms with Crippen molar-refractivity contribution in [3.8, 4) is 23.0 Å². The van der Waals surface area contributed by atoms with E-state index in [9.17, 15) is 0 Å². The van der Waals surface area contributed by atoms with Crippen molar-refractivity contribution in [2.75, 3.05) is 21.3 Å². The van der Waals surface area contributed by atoms with E-state index in [1.54, 1.807) is 0 Å². The third-order valence-electron chi connectivity index (χ3n) is 6.46. The molecule has 4 rings (SSSR count). The predicted octanol–water partition coefficient (Wildman–Crippen LogP) is 6.46. The van der Waals surface area contributed by atoms with Crippen molar-refractivity contribution in [2.24, 2.45) is 5.90 Å². The molecule has 4 aromatic carbocycles. The fraction of sp³-hybridized carbons (Fsp3) is 0.143. The standard InChI is InChI=1S/C28H19F8NO4/c1-38-24-16(29)4-12(5-17(24)30)28(13-6-18(31)25(39-2)19(32)7-13,14-8-20(33)26(40-3)21(34)9-14)15-10-22(35)27(41-37)23(36)11-15/h4-11H,37H2,1-3H3. The molecule has 0 saturated carbocycles. The Labute approximate surface area is 227 Å². The number of benzene rings is 4. The van der Waals surface area contributed by atoms with Crippen molar-refractivity contribution in [2.45, 2.75) is 5.41 Å². The maximum absolute atomic E-state index is 15.1. The summed E-state index contributed by atoms with van der Waals surface area (Å²) in [6, 6.07) is 4.82. The molecule has 13 heteroatoms. The van der Waals surface area contributed by atoms with Crippen molar-refractivity contribution in [3.63, 3.8) is 0 Å². The molecule has 0 aliphatic carbocycles. The van der Waals surface area contributed by atoms with Crippen molar-refractivity contribution < 1.29 is 54.2 Å². The second-order valence-electron chi connectivity index (χ2n) is 8.56. The molecular weight excluding hydrogens is 566 g/mol. The second kappa shape index (κ2) is 11.2. The lowest BCUT2D eigenvalue weighted by atomic mass is 9.64. The van der Waals surface area contributed by atoms with Gasteiger partial charge in [0.15, 0.2) is 63.8 Å². The zero-order valence-electron chi connectivity index (χ0n) is 21.4. The predicted molar refractivity (Wildman–Crippen MR) is 129 cm³/mol. The van der Waals surface area contributed by atoms with Gasteiger partial charge in [-0.05, 0) is 70.8 Å². The molecule has 0 radical (unpaired) electrons. The van der Waals surface area contributed by atoms with Crippen LogP contribution in [0.1, 0.15) is 22.3 Å². The fourth-order valence-corrected chi connectivity index (χ4v) is 4.80. The Morgan fingerprint density at radius 1 is 0.415 bits per heavy atom. The van der Waals surface area contributed by atoms with E-state index < -0.39 is 97.2 Å². The first-order chi connectivity index (χ1) is 19.4. The summed E-state index contributed by atoms with van der Waals surface area (Å²) < 4.78 is 135. The summed E-state index contributed by atoms with van der Waals surface area (Å²) in [7, 11) is 2.85. The highest BCUT2D eigenvalue weighted by Gasteiger charge is 2.43. The smallest absolute Gasteiger partial charge is 0.217 e. The zero-order valence-corrected chi connectivity index (χ0v) is 21.4. The first kappa shape index (κ1) is 29.5. The lowest BCUT2D eigenvalue weighted by Crippen LogP contribution is -2.33. The zero-order chi connectivity index (χ0) is 30.2. The van der Waals surface area contributed by atoms with Crippen LogP contribution in [-0.4, -0.2) is 21.3 Å². The van der Waals surface area contributed by atoms with E-state index >= 15 is 35.1 Å². The van der Waals surface area contributed by atoms with Crippen LogP contribution in [0.4, 0.5) is 35.1 Å². The highest BCUT2D eigenvalue weighted by molar-refractivity contribution is 5.62. The third kappa shape index (κ3) is 4.75. The molecule has 4 aromatic rings. The second-order valence-corrected chi connectivity index (χ2v) is 8.56. The average molecular weight is 585 g/mol. The Bertz CT molecular complexity index is 1310. The molecule has 0 aliphatic rings. The summed E-state index contributed by atoms with van der Waals surface area (Å²) in [5.41, 5.74) is -5.08. The monoisotopic (exact) mass is 585 g/mol. The largest absolute Gasteiger partial charge is 0.491 e. The van der Waals surface area contributed by atoms with Crippen LogP contribution in [0.2, 0.25) is 0 Å². The van der Waals surface area contributed by atoms with Crippen LogP contribution >= 0.6 is 0 Å². The molecule has 41 heavy (non-hydrogen) atoms. The number of nitrogens with two attached hydrogens (primary N) is 1. The Balaban J connectivity index is 2.32. The highest BCUT2D eigenvalue weighted by atomic mass is 19.2. The summed E-state index contributed by atoms with van der Waals surface area (Å²) in [6.07, 6.45) is 0. The molecular formula is C28H19F8NO4. The number of rotatable bonds is 8. The summed E-state index contributed by atoms with van der Waals surface area (Å²) >= 11 is 0. The molecule has 0 heterocycles. The topological polar surface area (TPSA) is 62.9 Å². The van der Waals surface area contributed by atoms with Crippen LogP contribution in [-0.2, 0) is 5.41 Å². The van der Waals surface area contributed by atoms with Gasteiger partial charge in [0.05, 0.1) is 26.7 Å². The Hall–Kier alpha value is -4.52. The molecule has 0 saturated heterocycles. The fourth-order valence-electron chi connectivity index (χ4n) is 4.80. The minimum atomic E-state index is -2.62. The van der Waals surface area contributed by atoms with Crippen LogP contribution in [0.25, 0.3) is 0 Å². The van der Waals surface area contributed by atoms with Crippen molar-refractivity contribution in [3.05, 3.63) is 117 Å². The van der Waals surface area contributed by atoms with Crippen LogP contribution in [0.15, 0.2) is 48.5 Å². The molecule has 0 bridgehead atoms. The molecule has 216 valence electrons. The SMILES string of the molecule is COc1c(F)cc(C(c2cc(F)c(OC)c(F)c2)(c2cc(F)c(OC)c(F)c2)c2cc(F)c(ON)c(F)c2)cc1F. The lowest BCUT2D eigenvalue weighted by molar-refractivity contribution is 0.296. The van der Waals surface area contributed by atoms with E-state index in [-0.39, 0.29) is 0 Å². The van der Waals surface area contributed by atoms with Gasteiger partial charge in [-0.15, -0.1) is 0 Å². The van der Waals surface area contributed by atoms with E-state index in [4.69, 9.17) is 20.1 Å². The van der Waals surface area contributed by atoms with E-state index in [0.29, 0.717) is 48.5 Å². The van der Waals surface area contributed by atoms with E-state index in [1.165, 1.54) is 0 Å². The summed E-state index contributed by atoms with van der Waals surface area (Å²) in [4.78, 5) is 4.21. The summed E-state index contributed by atoms with van der Waals surface area (Å²) in [5.74, 6) is -9.91. The van der Waals surface area contributed by atoms with E-state index in [1.807, 2.05) is 0 Å². The molecule has 0 unspecified atom stereocenters. The lowest BCUT2D eigenvalue weighted by Gasteiger charge is -2.37. The van der Waals surface area contributed by atoms with Gasteiger partial charge in [-0.2, -0.15) is 5.90 Å². The van der Waals surface area contributed by atoms with Gasteiger partial charge in [0.2, 0.25) is 5.75 Å². The Morgan fingerprint density at radius 3 is 0.780 bits per heavy atom. The first-order valence-corrected chi connectivity index (χ1v) is 11.4. The molecule has 0 atom stereocenters. The number of hydrogen-bond acceptors (Lipinski definition) is 5. The number of hydrogen-bond donors (Lipinski definition) is 1. The quantitative estimate of drug-likeness (QED) is 0.146. The number of methoxy groups -OCH3 is 3. The van der Waals surface area contributed by atoms with E-state index in [2.05, 4.69) is 4.84 Å². The molecule has 2 N–H and O–H groups in total. The molecule has 0 fully saturated rings. The highest BCUT2D eigenvalue weighted by Crippen LogP contribution is 2.49. The van der Waals surface area contributed by atoms with Gasteiger partial charge < -0.3 is 19.0 Å². The van der Waals surface area contributed by atoms with Gasteiger partial charge in [-0.3, -0.25) is 0 Å². The normalized spacial score (nSPS) is 11.4. The molecule has 0 aromatic heterocycles. The summed E-state index contributed by atoms with van der Waals surface area (Å²) in [6.45, 7) is 0. The number of halogens is 8. The van der Waals surface area contributed by atoms with Gasteiger partial charge in [0.1, 0.15) is 0 Å². The maximum Gasteiger partial charge on any atom is 0.217 e. The number of ether oxygens (including phenoxy) is 3. The van der Waals surface area contributed by atoms with Crippen molar-refractivity contribution in [1.29, 1.82) is 0 Å². The van der Waals surface area contributed by atoms with Crippen LogP contribution < -0.4 is 24.9 Å². The van der Waals surface area contributed by atoms with Gasteiger partial charge in [-0.25, -0.2) is 35.1 Å². The summed E-state index contributed by atoms with van der Waals surface area (Å²) in [5, 5.41) is 0. The van der Waals surface area contributed by atoms with Crippen molar-refractivity contribution >= 4 is 0 Å². The first-order valence-electron chi connectivity index (χ1n) is 11.4. The van der Waals surface area contributed by atoms with Crippen LogP contribution in [0.5, 0.6) is 23.0 Å². The molecule has 0 aliphatic heterocycles. The van der Waals surface area contributed by atoms with Gasteiger partial charge >= 0.3 is 0 Å². The van der Waals surface area contributed by atoms with E-state index in [0.717, 1.165) is 21.3 Å².